The third-order valence-electron chi connectivity index (χ3n) is 5.16. The lowest BCUT2D eigenvalue weighted by Gasteiger charge is -2.31. The molecule has 0 radical (unpaired) electrons. The Kier molecular flexibility index (Phi) is 5.64. The van der Waals surface area contributed by atoms with E-state index in [2.05, 4.69) is 20.2 Å². The molecular formula is C20H21F2N5O2. The summed E-state index contributed by atoms with van der Waals surface area (Å²) < 4.78 is 31.7. The molecule has 29 heavy (non-hydrogen) atoms. The van der Waals surface area contributed by atoms with Gasteiger partial charge in [0.05, 0.1) is 12.3 Å². The van der Waals surface area contributed by atoms with Crippen molar-refractivity contribution in [3.63, 3.8) is 0 Å². The molecule has 0 spiro atoms. The van der Waals surface area contributed by atoms with Crippen molar-refractivity contribution in [2.24, 2.45) is 0 Å². The van der Waals surface area contributed by atoms with E-state index in [1.807, 2.05) is 4.90 Å². The summed E-state index contributed by atoms with van der Waals surface area (Å²) >= 11 is 0. The number of piperidine rings is 1. The lowest BCUT2D eigenvalue weighted by molar-refractivity contribution is -0.132. The number of likely N-dealkylation sites (tertiary alicyclic amines) is 1. The first kappa shape index (κ1) is 19.2. The number of hydrogen-bond acceptors (Lipinski definition) is 5. The van der Waals surface area contributed by atoms with Gasteiger partial charge in [-0.2, -0.15) is 5.10 Å². The molecule has 0 atom stereocenters. The Morgan fingerprint density at radius 3 is 2.79 bits per heavy atom. The van der Waals surface area contributed by atoms with Gasteiger partial charge in [0.25, 0.3) is 0 Å². The Morgan fingerprint density at radius 2 is 2.00 bits per heavy atom. The van der Waals surface area contributed by atoms with E-state index in [0.29, 0.717) is 31.6 Å². The number of nitrogens with one attached hydrogen (secondary N) is 1. The van der Waals surface area contributed by atoms with Gasteiger partial charge in [0, 0.05) is 43.9 Å². The number of carbonyl (C=O) groups is 1. The van der Waals surface area contributed by atoms with Crippen LogP contribution in [0.2, 0.25) is 0 Å². The number of aromatic amines is 1. The van der Waals surface area contributed by atoms with Gasteiger partial charge in [0.2, 0.25) is 5.91 Å². The highest BCUT2D eigenvalue weighted by Crippen LogP contribution is 2.30. The summed E-state index contributed by atoms with van der Waals surface area (Å²) in [6, 6.07) is 3.17. The molecule has 1 N–H and O–H groups in total. The van der Waals surface area contributed by atoms with Gasteiger partial charge in [0.1, 0.15) is 11.3 Å². The van der Waals surface area contributed by atoms with Crippen LogP contribution in [0.3, 0.4) is 0 Å². The Morgan fingerprint density at radius 1 is 1.21 bits per heavy atom. The highest BCUT2D eigenvalue weighted by atomic mass is 19.1. The maximum Gasteiger partial charge on any atom is 0.222 e. The molecule has 0 bridgehead atoms. The maximum absolute atomic E-state index is 13.5. The van der Waals surface area contributed by atoms with Crippen molar-refractivity contribution in [1.29, 1.82) is 0 Å². The molecule has 1 aliphatic rings. The molecule has 0 unspecified atom stereocenters. The van der Waals surface area contributed by atoms with Gasteiger partial charge in [-0.15, -0.1) is 0 Å². The Labute approximate surface area is 166 Å². The van der Waals surface area contributed by atoms with Crippen LogP contribution in [0, 0.1) is 11.6 Å². The average Bonchev–Trinajstić information content (AvgIpc) is 3.16. The standard InChI is InChI=1S/C20H21F2N5O2/c21-14-3-4-16(15(22)12-14)29-11-1-2-17(28)27-9-5-13(6-10-27)18-19-20(26-25-18)24-8-7-23-19/h3-4,7-8,12-13H,1-2,5-6,9-11H2,(H,24,25,26). The number of aromatic nitrogens is 4. The van der Waals surface area contributed by atoms with Crippen LogP contribution in [-0.2, 0) is 4.79 Å². The summed E-state index contributed by atoms with van der Waals surface area (Å²) in [6.45, 7) is 1.53. The zero-order valence-electron chi connectivity index (χ0n) is 15.8. The molecule has 2 aromatic heterocycles. The molecule has 9 heteroatoms. The van der Waals surface area contributed by atoms with E-state index in [1.54, 1.807) is 12.4 Å². The number of benzene rings is 1. The van der Waals surface area contributed by atoms with Crippen LogP contribution in [0.1, 0.15) is 37.3 Å². The molecule has 152 valence electrons. The van der Waals surface area contributed by atoms with Crippen molar-refractivity contribution in [3.8, 4) is 5.75 Å². The fraction of sp³-hybridized carbons (Fsp3) is 0.400. The first-order valence-corrected chi connectivity index (χ1v) is 9.62. The summed E-state index contributed by atoms with van der Waals surface area (Å²) in [5.41, 5.74) is 2.39. The molecule has 7 nitrogen and oxygen atoms in total. The number of rotatable bonds is 6. The SMILES string of the molecule is O=C(CCCOc1ccc(F)cc1F)N1CCC(c2[nH]nc3nccnc23)CC1. The summed E-state index contributed by atoms with van der Waals surface area (Å²) in [7, 11) is 0. The number of fused-ring (bicyclic) bond motifs is 1. The quantitative estimate of drug-likeness (QED) is 0.642. The van der Waals surface area contributed by atoms with E-state index in [1.165, 1.54) is 6.07 Å². The van der Waals surface area contributed by atoms with Gasteiger partial charge in [-0.05, 0) is 31.4 Å². The topological polar surface area (TPSA) is 84.0 Å². The molecule has 0 aliphatic carbocycles. The van der Waals surface area contributed by atoms with Gasteiger partial charge < -0.3 is 9.64 Å². The van der Waals surface area contributed by atoms with Crippen LogP contribution >= 0.6 is 0 Å². The molecule has 3 aromatic rings. The number of ether oxygens (including phenoxy) is 1. The van der Waals surface area contributed by atoms with Crippen LogP contribution in [0.5, 0.6) is 5.75 Å². The number of carbonyl (C=O) groups excluding carboxylic acids is 1. The third-order valence-corrected chi connectivity index (χ3v) is 5.16. The number of hydrogen-bond donors (Lipinski definition) is 1. The van der Waals surface area contributed by atoms with Crippen molar-refractivity contribution in [1.82, 2.24) is 25.1 Å². The number of halogens is 2. The number of amides is 1. The molecule has 1 aliphatic heterocycles. The zero-order chi connectivity index (χ0) is 20.2. The van der Waals surface area contributed by atoms with E-state index < -0.39 is 11.6 Å². The fourth-order valence-electron chi connectivity index (χ4n) is 3.63. The Hall–Kier alpha value is -3.10. The lowest BCUT2D eigenvalue weighted by atomic mass is 9.93. The van der Waals surface area contributed by atoms with Gasteiger partial charge in [-0.1, -0.05) is 0 Å². The van der Waals surface area contributed by atoms with Gasteiger partial charge >= 0.3 is 0 Å². The Balaban J connectivity index is 1.23. The van der Waals surface area contributed by atoms with Crippen molar-refractivity contribution in [2.75, 3.05) is 19.7 Å². The van der Waals surface area contributed by atoms with Crippen molar-refractivity contribution in [3.05, 3.63) is 47.9 Å². The predicted molar refractivity (Wildman–Crippen MR) is 101 cm³/mol. The van der Waals surface area contributed by atoms with Crippen molar-refractivity contribution < 1.29 is 18.3 Å². The highest BCUT2D eigenvalue weighted by molar-refractivity contribution is 5.76. The third kappa shape index (κ3) is 4.33. The van der Waals surface area contributed by atoms with E-state index in [4.69, 9.17) is 4.74 Å². The second-order valence-electron chi connectivity index (χ2n) is 7.05. The van der Waals surface area contributed by atoms with E-state index >= 15 is 0 Å². The van der Waals surface area contributed by atoms with Gasteiger partial charge in [-0.25, -0.2) is 18.7 Å². The van der Waals surface area contributed by atoms with E-state index in [0.717, 1.165) is 36.2 Å². The van der Waals surface area contributed by atoms with E-state index in [9.17, 15) is 13.6 Å². The summed E-state index contributed by atoms with van der Waals surface area (Å²) in [5, 5.41) is 7.24. The number of nitrogens with zero attached hydrogens (tertiary/aromatic N) is 4. The van der Waals surface area contributed by atoms with Crippen LogP contribution in [0.25, 0.3) is 11.2 Å². The first-order chi connectivity index (χ1) is 14.1. The smallest absolute Gasteiger partial charge is 0.222 e. The normalized spacial score (nSPS) is 15.0. The monoisotopic (exact) mass is 401 g/mol. The molecule has 1 amide bonds. The molecule has 1 fully saturated rings. The van der Waals surface area contributed by atoms with E-state index in [-0.39, 0.29) is 24.2 Å². The molecule has 0 saturated carbocycles. The summed E-state index contributed by atoms with van der Waals surface area (Å²) in [5.74, 6) is -1.07. The van der Waals surface area contributed by atoms with Gasteiger partial charge in [-0.3, -0.25) is 9.89 Å². The molecule has 1 saturated heterocycles. The molecule has 4 rings (SSSR count). The highest BCUT2D eigenvalue weighted by Gasteiger charge is 2.26. The molecule has 3 heterocycles. The van der Waals surface area contributed by atoms with Crippen LogP contribution in [0.15, 0.2) is 30.6 Å². The van der Waals surface area contributed by atoms with Crippen molar-refractivity contribution >= 4 is 17.1 Å². The molecular weight excluding hydrogens is 380 g/mol. The minimum absolute atomic E-state index is 0.00505. The first-order valence-electron chi connectivity index (χ1n) is 9.62. The predicted octanol–water partition coefficient (Wildman–Crippen LogP) is 3.20. The Bertz CT molecular complexity index is 1000. The minimum atomic E-state index is -0.741. The summed E-state index contributed by atoms with van der Waals surface area (Å²) in [6.07, 6.45) is 5.72. The molecule has 1 aromatic carbocycles. The largest absolute Gasteiger partial charge is 0.491 e. The van der Waals surface area contributed by atoms with Crippen LogP contribution < -0.4 is 4.74 Å². The lowest BCUT2D eigenvalue weighted by Crippen LogP contribution is -2.38. The second kappa shape index (κ2) is 8.50. The minimum Gasteiger partial charge on any atom is -0.491 e. The van der Waals surface area contributed by atoms with Crippen LogP contribution in [0.4, 0.5) is 8.78 Å². The van der Waals surface area contributed by atoms with Crippen LogP contribution in [-0.4, -0.2) is 50.7 Å². The zero-order valence-corrected chi connectivity index (χ0v) is 15.8. The average molecular weight is 401 g/mol. The van der Waals surface area contributed by atoms with Crippen molar-refractivity contribution in [2.45, 2.75) is 31.6 Å². The summed E-state index contributed by atoms with van der Waals surface area (Å²) in [4.78, 5) is 22.8. The van der Waals surface area contributed by atoms with Gasteiger partial charge in [0.15, 0.2) is 17.2 Å². The fourth-order valence-corrected chi connectivity index (χ4v) is 3.63. The second-order valence-corrected chi connectivity index (χ2v) is 7.05. The number of H-pyrrole nitrogens is 1. The maximum atomic E-state index is 13.5.